The van der Waals surface area contributed by atoms with Gasteiger partial charge >= 0.3 is 304 Å². The van der Waals surface area contributed by atoms with E-state index < -0.39 is 66.8 Å². The number of aryl methyl sites for hydroxylation is 1. The molecule has 5 atom stereocenters. The van der Waals surface area contributed by atoms with E-state index in [0.29, 0.717) is 55.5 Å². The quantitative estimate of drug-likeness (QED) is 0.0903. The van der Waals surface area contributed by atoms with Gasteiger partial charge in [0.25, 0.3) is 0 Å². The third-order valence-electron chi connectivity index (χ3n) is 15.6. The predicted octanol–water partition coefficient (Wildman–Crippen LogP) is 7.39. The number of nitrogens with one attached hydrogen (secondary N) is 3. The number of ether oxygens (including phenoxy) is 2. The summed E-state index contributed by atoms with van der Waals surface area (Å²) in [5.74, 6) is -2.36. The summed E-state index contributed by atoms with van der Waals surface area (Å²) in [6, 6.07) is 10.8. The normalized spacial score (nSPS) is 21.4. The number of halogens is 2. The first-order valence-corrected chi connectivity index (χ1v) is 33.2. The van der Waals surface area contributed by atoms with Gasteiger partial charge in [0.1, 0.15) is 0 Å². The van der Waals surface area contributed by atoms with Gasteiger partial charge in [0.15, 0.2) is 0 Å². The number of anilines is 1. The SMILES string of the molecule is C=CC(=O)N1CC[C@H]([C](=O)[In]([CH3])[C@H](C(=O)N[C@H]2Cc3cc(cc(C(F)F)c3)-c3ccc4c(c3)c(c(-c3cc(N5CCNCC5)cnc3[C@H](C)OC)n4CC)CC(C)(C)COC(=O)[C@@H]3CCCN(N3)C2=O)C(C)C)C1. The number of rotatable bonds is 13. The molecule has 0 radical (unpaired) electrons. The molecule has 6 bridgehead atoms. The molecule has 3 amide bonds. The van der Waals surface area contributed by atoms with E-state index in [9.17, 15) is 24.0 Å². The van der Waals surface area contributed by atoms with Crippen molar-refractivity contribution in [1.29, 1.82) is 0 Å². The van der Waals surface area contributed by atoms with Crippen molar-refractivity contribution in [2.45, 2.75) is 113 Å². The van der Waals surface area contributed by atoms with Crippen LogP contribution in [0.5, 0.6) is 0 Å². The van der Waals surface area contributed by atoms with Gasteiger partial charge in [-0.1, -0.05) is 13.8 Å². The van der Waals surface area contributed by atoms with Crippen LogP contribution in [0.15, 0.2) is 61.3 Å². The number of nitrogens with zero attached hydrogens (tertiary/aromatic N) is 5. The van der Waals surface area contributed by atoms with Gasteiger partial charge in [-0.2, -0.15) is 0 Å². The fourth-order valence-electron chi connectivity index (χ4n) is 11.6. The third-order valence-corrected chi connectivity index (χ3v) is 25.6. The molecule has 396 valence electrons. The van der Waals surface area contributed by atoms with E-state index in [2.05, 4.69) is 58.9 Å². The summed E-state index contributed by atoms with van der Waals surface area (Å²) < 4.78 is 46.0. The molecule has 18 heteroatoms. The van der Waals surface area contributed by atoms with Crippen molar-refractivity contribution in [1.82, 2.24) is 35.5 Å². The number of carbonyl (C=O) groups excluding carboxylic acids is 5. The van der Waals surface area contributed by atoms with Crippen LogP contribution in [-0.2, 0) is 52.8 Å². The molecule has 0 saturated carbocycles. The fourth-order valence-corrected chi connectivity index (χ4v) is 20.4. The number of aromatic nitrogens is 2. The first-order chi connectivity index (χ1) is 35.3. The first kappa shape index (κ1) is 55.1. The number of pyridine rings is 1. The van der Waals surface area contributed by atoms with Gasteiger partial charge in [-0.3, -0.25) is 4.98 Å². The van der Waals surface area contributed by atoms with Crippen molar-refractivity contribution in [3.8, 4) is 22.4 Å². The molecule has 2 aromatic carbocycles. The van der Waals surface area contributed by atoms with Crippen molar-refractivity contribution >= 4 is 65.3 Å². The zero-order valence-corrected chi connectivity index (χ0v) is 47.6. The first-order valence-electron chi connectivity index (χ1n) is 26.4. The average molecular weight is 1120 g/mol. The van der Waals surface area contributed by atoms with Crippen LogP contribution in [0.1, 0.15) is 95.7 Å². The summed E-state index contributed by atoms with van der Waals surface area (Å²) in [7, 11) is 1.67. The second kappa shape index (κ2) is 23.4. The monoisotopic (exact) mass is 1120 g/mol. The molecular weight excluding hydrogens is 1050 g/mol. The Morgan fingerprint density at radius 1 is 1.03 bits per heavy atom. The molecule has 8 rings (SSSR count). The van der Waals surface area contributed by atoms with E-state index >= 15 is 8.78 Å². The number of alkyl halides is 2. The predicted molar refractivity (Wildman–Crippen MR) is 284 cm³/mol. The number of hydrazine groups is 1. The van der Waals surface area contributed by atoms with Crippen molar-refractivity contribution in [3.05, 3.63) is 83.7 Å². The standard InChI is InChI=1S/C47H60F2N7O5.C8H10NO2.CH3.In/c1-8-55-40-12-11-31-23-35(40)37(43(55)36-24-34(54-16-13-50-14-17-54)26-51-42(36)29(4)60-7)25-47(5,6)27-61-46(59)38-10-9-15-56(53-38)45(58)39(52-41(57)18-28(2)3)21-30-19-32(31)22-33(20-30)44(48)49;1-2-8(11)9-4-3-7(5-9)6-10;;/h11-12,18-20,22-24,26,28-29,38-39,44,50,53H,8-10,13-17,21,25,27H2,1-7H3,(H,52,57);2,7H,1,3-5H2;1H3;/t29-,38-,39-;7-;;/m00../s1. The zero-order valence-electron chi connectivity index (χ0n) is 44.3. The minimum absolute atomic E-state index is 0.0532. The van der Waals surface area contributed by atoms with E-state index in [1.165, 1.54) is 23.2 Å². The van der Waals surface area contributed by atoms with Gasteiger partial charge in [0.2, 0.25) is 0 Å². The number of likely N-dealkylation sites (tertiary alicyclic amines) is 1. The fraction of sp³-hybridized carbons (Fsp3) is 0.536. The molecule has 3 fully saturated rings. The summed E-state index contributed by atoms with van der Waals surface area (Å²) in [6.07, 6.45) is 1.63. The van der Waals surface area contributed by atoms with E-state index in [1.54, 1.807) is 12.0 Å². The Morgan fingerprint density at radius 2 is 1.78 bits per heavy atom. The Hall–Kier alpha value is -5.17. The molecule has 3 N–H and O–H groups in total. The molecule has 2 aromatic heterocycles. The Bertz CT molecular complexity index is 2780. The number of piperazine rings is 1. The number of benzene rings is 2. The summed E-state index contributed by atoms with van der Waals surface area (Å²) in [6.45, 7) is 20.5. The number of hydrogen-bond donors (Lipinski definition) is 3. The number of methoxy groups -OCH3 is 1. The zero-order chi connectivity index (χ0) is 53.2. The summed E-state index contributed by atoms with van der Waals surface area (Å²) in [4.78, 5) is 79.4. The van der Waals surface area contributed by atoms with Crippen molar-refractivity contribution in [2.75, 3.05) is 64.4 Å². The molecule has 4 aliphatic heterocycles. The van der Waals surface area contributed by atoms with Gasteiger partial charge in [-0.15, -0.1) is 0 Å². The number of carbonyl (C=O) groups is 5. The van der Waals surface area contributed by atoms with Crippen molar-refractivity contribution in [3.63, 3.8) is 0 Å². The van der Waals surface area contributed by atoms with E-state index in [4.69, 9.17) is 14.5 Å². The minimum atomic E-state index is -3.48. The van der Waals surface area contributed by atoms with Gasteiger partial charge in [-0.25, -0.2) is 0 Å². The summed E-state index contributed by atoms with van der Waals surface area (Å²) in [5.41, 5.74) is 9.41. The molecule has 0 spiro atoms. The third kappa shape index (κ3) is 11.8. The van der Waals surface area contributed by atoms with Gasteiger partial charge < -0.3 is 19.5 Å². The number of cyclic esters (lactones) is 1. The molecule has 0 aliphatic carbocycles. The maximum atomic E-state index is 15.2. The Labute approximate surface area is 441 Å². The van der Waals surface area contributed by atoms with Crippen LogP contribution in [0.4, 0.5) is 14.5 Å². The van der Waals surface area contributed by atoms with Gasteiger partial charge in [0.05, 0.1) is 29.4 Å². The number of fused-ring (bicyclic) bond motifs is 6. The van der Waals surface area contributed by atoms with E-state index in [-0.39, 0.29) is 59.1 Å². The Kier molecular flexibility index (Phi) is 17.4. The van der Waals surface area contributed by atoms with Crippen LogP contribution in [0, 0.1) is 17.3 Å². The Morgan fingerprint density at radius 3 is 2.47 bits per heavy atom. The second-order valence-electron chi connectivity index (χ2n) is 21.8. The van der Waals surface area contributed by atoms with E-state index in [1.807, 2.05) is 55.9 Å². The molecule has 4 aromatic rings. The van der Waals surface area contributed by atoms with Crippen LogP contribution in [-0.4, -0.2) is 140 Å². The second-order valence-corrected chi connectivity index (χ2v) is 29.9. The van der Waals surface area contributed by atoms with Crippen molar-refractivity contribution in [2.24, 2.45) is 17.3 Å². The van der Waals surface area contributed by atoms with Crippen molar-refractivity contribution < 1.29 is 42.2 Å². The molecule has 4 aliphatic rings. The van der Waals surface area contributed by atoms with E-state index in [0.717, 1.165) is 65.3 Å². The summed E-state index contributed by atoms with van der Waals surface area (Å²) in [5, 5.41) is 8.73. The number of esters is 1. The molecular formula is C56H73F2InN8O7. The van der Waals surface area contributed by atoms with Crippen LogP contribution in [0.25, 0.3) is 33.3 Å². The van der Waals surface area contributed by atoms with Crippen LogP contribution >= 0.6 is 0 Å². The molecule has 15 nitrogen and oxygen atoms in total. The van der Waals surface area contributed by atoms with Gasteiger partial charge in [0, 0.05) is 45.4 Å². The van der Waals surface area contributed by atoms with Crippen LogP contribution in [0.3, 0.4) is 0 Å². The molecule has 3 saturated heterocycles. The average Bonchev–Trinajstić information content (AvgIpc) is 4.01. The summed E-state index contributed by atoms with van der Waals surface area (Å²) >= 11 is -3.48. The van der Waals surface area contributed by atoms with Crippen LogP contribution in [0.2, 0.25) is 8.35 Å². The maximum absolute atomic E-state index is 15.2. The number of hydrogen-bond acceptors (Lipinski definition) is 11. The Balaban J connectivity index is 1.25. The molecule has 74 heavy (non-hydrogen) atoms. The molecule has 0 unspecified atom stereocenters. The number of amides is 3. The van der Waals surface area contributed by atoms with Gasteiger partial charge in [-0.05, 0) is 26.3 Å². The topological polar surface area (TPSA) is 167 Å². The molecule has 6 heterocycles. The van der Waals surface area contributed by atoms with Crippen LogP contribution < -0.4 is 21.0 Å².